The third-order valence-corrected chi connectivity index (χ3v) is 5.17. The van der Waals surface area contributed by atoms with Crippen molar-refractivity contribution >= 4 is 32.3 Å². The molecule has 1 nitrogen and oxygen atoms in total. The summed E-state index contributed by atoms with van der Waals surface area (Å²) >= 11 is 0. The molecule has 0 saturated heterocycles. The summed E-state index contributed by atoms with van der Waals surface area (Å²) in [5.74, 6) is 0.902. The lowest BCUT2D eigenvalue weighted by molar-refractivity contribution is 0.414. The summed E-state index contributed by atoms with van der Waals surface area (Å²) in [6.07, 6.45) is 0.929. The van der Waals surface area contributed by atoms with Crippen LogP contribution in [0.15, 0.2) is 78.9 Å². The van der Waals surface area contributed by atoms with Crippen molar-refractivity contribution in [3.05, 3.63) is 90.0 Å². The predicted molar refractivity (Wildman–Crippen MR) is 106 cm³/mol. The topological polar surface area (TPSA) is 9.23 Å². The highest BCUT2D eigenvalue weighted by Gasteiger charge is 2.11. The van der Waals surface area contributed by atoms with E-state index in [2.05, 4.69) is 66.7 Å². The van der Waals surface area contributed by atoms with E-state index in [-0.39, 0.29) is 0 Å². The zero-order valence-corrected chi connectivity index (χ0v) is 14.1. The van der Waals surface area contributed by atoms with Crippen LogP contribution in [0.1, 0.15) is 11.1 Å². The fraction of sp³-hybridized carbons (Fsp3) is 0.0833. The highest BCUT2D eigenvalue weighted by Crippen LogP contribution is 2.36. The van der Waals surface area contributed by atoms with Crippen LogP contribution in [-0.4, -0.2) is 7.11 Å². The summed E-state index contributed by atoms with van der Waals surface area (Å²) < 4.78 is 5.27. The first-order valence-electron chi connectivity index (χ1n) is 8.62. The monoisotopic (exact) mass is 322 g/mol. The van der Waals surface area contributed by atoms with Gasteiger partial charge in [-0.15, -0.1) is 0 Å². The van der Waals surface area contributed by atoms with Crippen molar-refractivity contribution < 1.29 is 4.74 Å². The Labute approximate surface area is 146 Å². The fourth-order valence-electron chi connectivity index (χ4n) is 3.91. The van der Waals surface area contributed by atoms with E-state index in [4.69, 9.17) is 4.74 Å². The van der Waals surface area contributed by atoms with Crippen molar-refractivity contribution in [3.63, 3.8) is 0 Å². The van der Waals surface area contributed by atoms with E-state index in [0.29, 0.717) is 0 Å². The van der Waals surface area contributed by atoms with Crippen LogP contribution in [0, 0.1) is 0 Å². The maximum absolute atomic E-state index is 5.27. The Hall–Kier alpha value is -3.06. The van der Waals surface area contributed by atoms with Crippen molar-refractivity contribution in [2.24, 2.45) is 0 Å². The Morgan fingerprint density at radius 2 is 1.28 bits per heavy atom. The second-order valence-electron chi connectivity index (χ2n) is 6.61. The van der Waals surface area contributed by atoms with Crippen LogP contribution in [0.5, 0.6) is 5.75 Å². The van der Waals surface area contributed by atoms with Gasteiger partial charge in [0.25, 0.3) is 0 Å². The van der Waals surface area contributed by atoms with Gasteiger partial charge in [0, 0.05) is 0 Å². The lowest BCUT2D eigenvalue weighted by Crippen LogP contribution is -1.92. The van der Waals surface area contributed by atoms with Gasteiger partial charge in [-0.3, -0.25) is 0 Å². The number of hydrogen-bond acceptors (Lipinski definition) is 1. The number of hydrogen-bond donors (Lipinski definition) is 0. The van der Waals surface area contributed by atoms with Crippen LogP contribution in [0.2, 0.25) is 0 Å². The molecule has 0 aliphatic heterocycles. The lowest BCUT2D eigenvalue weighted by Gasteiger charge is -2.14. The van der Waals surface area contributed by atoms with E-state index in [1.54, 1.807) is 7.11 Å². The molecular formula is C24H18O. The minimum Gasteiger partial charge on any atom is -0.497 e. The molecule has 120 valence electrons. The molecule has 0 saturated carbocycles. The number of rotatable bonds is 3. The van der Waals surface area contributed by atoms with E-state index in [0.717, 1.165) is 12.2 Å². The molecule has 0 aromatic heterocycles. The van der Waals surface area contributed by atoms with E-state index in [1.165, 1.54) is 43.4 Å². The third-order valence-electron chi connectivity index (χ3n) is 5.17. The second kappa shape index (κ2) is 5.49. The van der Waals surface area contributed by atoms with Gasteiger partial charge in [0.15, 0.2) is 0 Å². The van der Waals surface area contributed by atoms with Crippen LogP contribution in [0.4, 0.5) is 0 Å². The molecule has 0 N–H and O–H groups in total. The molecule has 0 bridgehead atoms. The molecule has 0 spiro atoms. The van der Waals surface area contributed by atoms with Crippen LogP contribution < -0.4 is 4.74 Å². The molecule has 5 aromatic rings. The van der Waals surface area contributed by atoms with E-state index >= 15 is 0 Å². The summed E-state index contributed by atoms with van der Waals surface area (Å²) in [5.41, 5.74) is 2.67. The first-order chi connectivity index (χ1) is 12.3. The summed E-state index contributed by atoms with van der Waals surface area (Å²) in [4.78, 5) is 0. The molecule has 0 unspecified atom stereocenters. The van der Waals surface area contributed by atoms with Crippen molar-refractivity contribution in [2.45, 2.75) is 6.42 Å². The van der Waals surface area contributed by atoms with Gasteiger partial charge in [-0.1, -0.05) is 66.7 Å². The van der Waals surface area contributed by atoms with Crippen LogP contribution in [0.25, 0.3) is 32.3 Å². The maximum Gasteiger partial charge on any atom is 0.118 e. The van der Waals surface area contributed by atoms with Crippen molar-refractivity contribution in [1.29, 1.82) is 0 Å². The Kier molecular flexibility index (Phi) is 3.14. The normalized spacial score (nSPS) is 11.6. The average Bonchev–Trinajstić information content (AvgIpc) is 2.68. The van der Waals surface area contributed by atoms with Gasteiger partial charge in [0.05, 0.1) is 7.11 Å². The van der Waals surface area contributed by atoms with Crippen molar-refractivity contribution in [1.82, 2.24) is 0 Å². The third kappa shape index (κ3) is 2.24. The number of ether oxygens (including phenoxy) is 1. The van der Waals surface area contributed by atoms with E-state index in [1.807, 2.05) is 12.1 Å². The summed E-state index contributed by atoms with van der Waals surface area (Å²) in [5, 5.41) is 8.08. The molecule has 0 aliphatic rings. The Bertz CT molecular complexity index is 1170. The zero-order valence-electron chi connectivity index (χ0n) is 14.1. The SMILES string of the molecule is COc1ccc(Cc2ccc3ccc4cccc5ccc2c3c45)cc1. The van der Waals surface area contributed by atoms with Gasteiger partial charge >= 0.3 is 0 Å². The van der Waals surface area contributed by atoms with Gasteiger partial charge in [0.1, 0.15) is 5.75 Å². The number of methoxy groups -OCH3 is 1. The maximum atomic E-state index is 5.27. The van der Waals surface area contributed by atoms with E-state index in [9.17, 15) is 0 Å². The number of benzene rings is 5. The van der Waals surface area contributed by atoms with Crippen molar-refractivity contribution in [2.75, 3.05) is 7.11 Å². The lowest BCUT2D eigenvalue weighted by atomic mass is 9.90. The summed E-state index contributed by atoms with van der Waals surface area (Å²) in [7, 11) is 1.70. The summed E-state index contributed by atoms with van der Waals surface area (Å²) in [6, 6.07) is 28.4. The smallest absolute Gasteiger partial charge is 0.118 e. The van der Waals surface area contributed by atoms with Gasteiger partial charge in [0.2, 0.25) is 0 Å². The Balaban J connectivity index is 1.72. The zero-order chi connectivity index (χ0) is 16.8. The van der Waals surface area contributed by atoms with Crippen LogP contribution in [-0.2, 0) is 6.42 Å². The molecule has 0 amide bonds. The molecule has 5 aromatic carbocycles. The molecule has 25 heavy (non-hydrogen) atoms. The van der Waals surface area contributed by atoms with Gasteiger partial charge < -0.3 is 4.74 Å². The van der Waals surface area contributed by atoms with Gasteiger partial charge in [-0.05, 0) is 62.0 Å². The highest BCUT2D eigenvalue weighted by molar-refractivity contribution is 6.23. The molecule has 0 radical (unpaired) electrons. The standard InChI is InChI=1S/C24H18O/c1-25-21-12-5-16(6-13-21)15-20-10-9-19-8-7-17-3-2-4-18-11-14-22(20)24(19)23(17)18/h2-14H,15H2,1H3. The first-order valence-corrected chi connectivity index (χ1v) is 8.62. The van der Waals surface area contributed by atoms with Crippen LogP contribution in [0.3, 0.4) is 0 Å². The molecule has 0 heterocycles. The van der Waals surface area contributed by atoms with Crippen molar-refractivity contribution in [3.8, 4) is 5.75 Å². The fourth-order valence-corrected chi connectivity index (χ4v) is 3.91. The largest absolute Gasteiger partial charge is 0.497 e. The van der Waals surface area contributed by atoms with E-state index < -0.39 is 0 Å². The minimum absolute atomic E-state index is 0.902. The van der Waals surface area contributed by atoms with Crippen LogP contribution >= 0.6 is 0 Å². The predicted octanol–water partition coefficient (Wildman–Crippen LogP) is 6.18. The molecule has 5 rings (SSSR count). The first kappa shape index (κ1) is 14.3. The average molecular weight is 322 g/mol. The quantitative estimate of drug-likeness (QED) is 0.360. The molecule has 0 fully saturated rings. The molecule has 1 heteroatoms. The molecule has 0 atom stereocenters. The molecular weight excluding hydrogens is 304 g/mol. The summed E-state index contributed by atoms with van der Waals surface area (Å²) in [6.45, 7) is 0. The highest BCUT2D eigenvalue weighted by atomic mass is 16.5. The Morgan fingerprint density at radius 3 is 2.00 bits per heavy atom. The molecule has 0 aliphatic carbocycles. The minimum atomic E-state index is 0.902. The van der Waals surface area contributed by atoms with Gasteiger partial charge in [-0.25, -0.2) is 0 Å². The second-order valence-corrected chi connectivity index (χ2v) is 6.61. The Morgan fingerprint density at radius 1 is 0.640 bits per heavy atom. The van der Waals surface area contributed by atoms with Gasteiger partial charge in [-0.2, -0.15) is 0 Å².